The Morgan fingerprint density at radius 1 is 0.219 bits per heavy atom. The standard InChI is InChI=1S/C86H48N6S4/c1-3-17-49(18-4-1)56-25-15-27-62-68-41-51(33-37-80(68)95-82(56)62)70-45-55(46-71(87-70)52-34-38-81-69(42-52)63-28-16-26-57(83(63)96-81)50-19-5-2-6-20-50)91-72-29-11-7-21-58(72)64-48-75-65(47-74(64)91)59-22-8-12-30-73(59)92(75)86-89-84(53-35-39-78-66(43-53)60-23-9-13-31-76(60)93-78)88-85(90-86)54-36-40-79-67(44-54)61-24-10-14-32-77(61)94-79/h1-48H. The maximum absolute atomic E-state index is 5.73. The molecule has 8 heterocycles. The first-order valence-electron chi connectivity index (χ1n) is 32.1. The number of thiophene rings is 4. The number of nitrogens with zero attached hydrogens (tertiary/aromatic N) is 6. The van der Waals surface area contributed by atoms with Gasteiger partial charge >= 0.3 is 0 Å². The Bertz CT molecular complexity index is 6540. The lowest BCUT2D eigenvalue weighted by atomic mass is 10.0. The topological polar surface area (TPSA) is 61.4 Å². The summed E-state index contributed by atoms with van der Waals surface area (Å²) in [7, 11) is 0. The molecule has 446 valence electrons. The van der Waals surface area contributed by atoms with Crippen LogP contribution in [0.1, 0.15) is 0 Å². The monoisotopic (exact) mass is 1290 g/mol. The van der Waals surface area contributed by atoms with Crippen LogP contribution in [0.25, 0.3) is 203 Å². The number of hydrogen-bond acceptors (Lipinski definition) is 8. The molecule has 0 aliphatic heterocycles. The molecule has 21 aromatic rings. The van der Waals surface area contributed by atoms with Gasteiger partial charge in [-0.2, -0.15) is 9.97 Å². The number of rotatable bonds is 8. The van der Waals surface area contributed by atoms with E-state index in [1.807, 2.05) is 45.3 Å². The molecular formula is C86H48N6S4. The number of aromatic nitrogens is 6. The molecule has 0 amide bonds. The number of benzene rings is 13. The summed E-state index contributed by atoms with van der Waals surface area (Å²) < 4.78 is 14.8. The molecule has 0 saturated carbocycles. The number of para-hydroxylation sites is 2. The fourth-order valence-electron chi connectivity index (χ4n) is 14.9. The van der Waals surface area contributed by atoms with Gasteiger partial charge in [0.2, 0.25) is 5.95 Å². The minimum Gasteiger partial charge on any atom is -0.309 e. The molecule has 6 nitrogen and oxygen atoms in total. The van der Waals surface area contributed by atoms with Gasteiger partial charge in [-0.15, -0.1) is 45.3 Å². The normalized spacial score (nSPS) is 12.2. The first-order valence-corrected chi connectivity index (χ1v) is 35.4. The first kappa shape index (κ1) is 54.0. The molecule has 0 spiro atoms. The van der Waals surface area contributed by atoms with Crippen molar-refractivity contribution in [2.45, 2.75) is 0 Å². The molecule has 0 unspecified atom stereocenters. The number of hydrogen-bond donors (Lipinski definition) is 0. The summed E-state index contributed by atoms with van der Waals surface area (Å²) in [6.45, 7) is 0. The summed E-state index contributed by atoms with van der Waals surface area (Å²) in [4.78, 5) is 22.2. The molecule has 0 bridgehead atoms. The summed E-state index contributed by atoms with van der Waals surface area (Å²) in [6, 6.07) is 106. The summed E-state index contributed by atoms with van der Waals surface area (Å²) >= 11 is 7.35. The third kappa shape index (κ3) is 8.33. The van der Waals surface area contributed by atoms with Gasteiger partial charge in [0, 0.05) is 124 Å². The smallest absolute Gasteiger partial charge is 0.238 e. The van der Waals surface area contributed by atoms with Gasteiger partial charge < -0.3 is 4.57 Å². The molecular weight excluding hydrogens is 1250 g/mol. The van der Waals surface area contributed by atoms with Gasteiger partial charge in [-0.3, -0.25) is 4.57 Å². The van der Waals surface area contributed by atoms with E-state index in [1.165, 1.54) is 103 Å². The summed E-state index contributed by atoms with van der Waals surface area (Å²) in [5.74, 6) is 1.78. The molecule has 10 heteroatoms. The first-order chi connectivity index (χ1) is 47.5. The van der Waals surface area contributed by atoms with Crippen LogP contribution in [0.4, 0.5) is 0 Å². The fourth-order valence-corrected chi connectivity index (χ4v) is 19.5. The highest BCUT2D eigenvalue weighted by molar-refractivity contribution is 7.27. The Morgan fingerprint density at radius 2 is 0.604 bits per heavy atom. The minimum atomic E-state index is 0.552. The van der Waals surface area contributed by atoms with Crippen molar-refractivity contribution in [2.75, 3.05) is 0 Å². The number of pyridine rings is 1. The van der Waals surface area contributed by atoms with Crippen LogP contribution in [0.2, 0.25) is 0 Å². The van der Waals surface area contributed by atoms with Crippen LogP contribution in [0.5, 0.6) is 0 Å². The molecule has 0 aliphatic carbocycles. The van der Waals surface area contributed by atoms with Gasteiger partial charge in [-0.1, -0.05) is 182 Å². The summed E-state index contributed by atoms with van der Waals surface area (Å²) in [5, 5.41) is 14.2. The van der Waals surface area contributed by atoms with E-state index in [9.17, 15) is 0 Å². The largest absolute Gasteiger partial charge is 0.309 e. The summed E-state index contributed by atoms with van der Waals surface area (Å²) in [6.07, 6.45) is 0. The van der Waals surface area contributed by atoms with Gasteiger partial charge in [0.15, 0.2) is 11.6 Å². The SMILES string of the molecule is c1ccc(-c2cccc3c2sc2ccc(-c4cc(-n5c6ccccc6c6cc7c(cc65)c5ccccc5n7-c5nc(-c6ccc7sc8ccccc8c7c6)nc(-c6ccc7sc8ccccc8c7c6)n5)cc(-c5ccc6sc7c(-c8ccccc8)cccc7c6c5)n4)cc23)cc1. The lowest BCUT2D eigenvalue weighted by Gasteiger charge is -2.14. The van der Waals surface area contributed by atoms with Crippen molar-refractivity contribution >= 4 is 170 Å². The second-order valence-corrected chi connectivity index (χ2v) is 29.1. The highest BCUT2D eigenvalue weighted by Gasteiger charge is 2.24. The Hall–Kier alpha value is -11.5. The average Bonchev–Trinajstić information content (AvgIpc) is 1.56. The van der Waals surface area contributed by atoms with Crippen molar-refractivity contribution in [3.63, 3.8) is 0 Å². The van der Waals surface area contributed by atoms with Gasteiger partial charge in [0.25, 0.3) is 0 Å². The molecule has 0 fully saturated rings. The molecule has 0 atom stereocenters. The van der Waals surface area contributed by atoms with Crippen LogP contribution in [0.3, 0.4) is 0 Å². The van der Waals surface area contributed by atoms with Crippen molar-refractivity contribution in [1.82, 2.24) is 29.1 Å². The van der Waals surface area contributed by atoms with E-state index in [2.05, 4.69) is 300 Å². The lowest BCUT2D eigenvalue weighted by molar-refractivity contribution is 0.954. The Morgan fingerprint density at radius 3 is 1.11 bits per heavy atom. The van der Waals surface area contributed by atoms with E-state index < -0.39 is 0 Å². The molecule has 0 saturated heterocycles. The maximum Gasteiger partial charge on any atom is 0.238 e. The highest BCUT2D eigenvalue weighted by atomic mass is 32.1. The van der Waals surface area contributed by atoms with Crippen LogP contribution < -0.4 is 0 Å². The van der Waals surface area contributed by atoms with E-state index in [4.69, 9.17) is 19.9 Å². The van der Waals surface area contributed by atoms with E-state index in [1.54, 1.807) is 0 Å². The number of fused-ring (bicyclic) bond motifs is 18. The van der Waals surface area contributed by atoms with Gasteiger partial charge in [-0.25, -0.2) is 9.97 Å². The van der Waals surface area contributed by atoms with E-state index in [-0.39, 0.29) is 0 Å². The Balaban J connectivity index is 0.789. The maximum atomic E-state index is 5.73. The molecule has 0 aliphatic rings. The summed E-state index contributed by atoms with van der Waals surface area (Å²) in [5.41, 5.74) is 15.9. The Labute approximate surface area is 564 Å². The van der Waals surface area contributed by atoms with E-state index >= 15 is 0 Å². The van der Waals surface area contributed by atoms with Crippen LogP contribution in [0.15, 0.2) is 291 Å². The minimum absolute atomic E-state index is 0.552. The predicted molar refractivity (Wildman–Crippen MR) is 410 cm³/mol. The van der Waals surface area contributed by atoms with Crippen molar-refractivity contribution in [1.29, 1.82) is 0 Å². The van der Waals surface area contributed by atoms with Gasteiger partial charge in [0.05, 0.1) is 39.1 Å². The molecule has 13 aromatic carbocycles. The van der Waals surface area contributed by atoms with Crippen LogP contribution in [-0.2, 0) is 0 Å². The van der Waals surface area contributed by atoms with Crippen molar-refractivity contribution in [3.05, 3.63) is 291 Å². The quantitative estimate of drug-likeness (QED) is 0.152. The Kier molecular flexibility index (Phi) is 11.8. The van der Waals surface area contributed by atoms with Gasteiger partial charge in [0.1, 0.15) is 0 Å². The highest BCUT2D eigenvalue weighted by Crippen LogP contribution is 2.47. The van der Waals surface area contributed by atoms with Crippen LogP contribution >= 0.6 is 45.3 Å². The van der Waals surface area contributed by atoms with Crippen LogP contribution in [-0.4, -0.2) is 29.1 Å². The van der Waals surface area contributed by atoms with Crippen molar-refractivity contribution < 1.29 is 0 Å². The molecule has 0 N–H and O–H groups in total. The van der Waals surface area contributed by atoms with Crippen molar-refractivity contribution in [3.8, 4) is 79.2 Å². The fraction of sp³-hybridized carbons (Fsp3) is 0. The molecule has 8 aromatic heterocycles. The van der Waals surface area contributed by atoms with Crippen molar-refractivity contribution in [2.24, 2.45) is 0 Å². The second kappa shape index (κ2) is 21.0. The molecule has 0 radical (unpaired) electrons. The molecule has 96 heavy (non-hydrogen) atoms. The lowest BCUT2D eigenvalue weighted by Crippen LogP contribution is -2.06. The zero-order chi connectivity index (χ0) is 62.7. The average molecular weight is 1290 g/mol. The van der Waals surface area contributed by atoms with Crippen LogP contribution in [0, 0.1) is 0 Å². The van der Waals surface area contributed by atoms with Gasteiger partial charge in [-0.05, 0) is 131 Å². The molecule has 21 rings (SSSR count). The van der Waals surface area contributed by atoms with E-state index in [0.29, 0.717) is 17.6 Å². The zero-order valence-electron chi connectivity index (χ0n) is 51.0. The zero-order valence-corrected chi connectivity index (χ0v) is 54.3. The van der Waals surface area contributed by atoms with E-state index in [0.717, 1.165) is 82.9 Å². The predicted octanol–water partition coefficient (Wildman–Crippen LogP) is 24.9. The third-order valence-corrected chi connectivity index (χ3v) is 24.1. The third-order valence-electron chi connectivity index (χ3n) is 19.4. The second-order valence-electron chi connectivity index (χ2n) is 24.8.